The van der Waals surface area contributed by atoms with E-state index in [2.05, 4.69) is 0 Å². The highest BCUT2D eigenvalue weighted by atomic mass is 32.2. The van der Waals surface area contributed by atoms with Crippen LogP contribution in [0.5, 0.6) is 0 Å². The summed E-state index contributed by atoms with van der Waals surface area (Å²) in [6, 6.07) is 8.97. The van der Waals surface area contributed by atoms with Gasteiger partial charge in [0.15, 0.2) is 0 Å². The summed E-state index contributed by atoms with van der Waals surface area (Å²) >= 11 is 0. The van der Waals surface area contributed by atoms with Crippen molar-refractivity contribution in [3.8, 4) is 0 Å². The average molecular weight is 426 g/mol. The van der Waals surface area contributed by atoms with Gasteiger partial charge in [0.25, 0.3) is 5.91 Å². The van der Waals surface area contributed by atoms with Crippen LogP contribution in [0.4, 0.5) is 13.2 Å². The Bertz CT molecular complexity index is 1010. The first-order valence-corrected chi connectivity index (χ1v) is 10.5. The van der Waals surface area contributed by atoms with Gasteiger partial charge in [0.05, 0.1) is 10.5 Å². The number of aryl methyl sites for hydroxylation is 2. The van der Waals surface area contributed by atoms with E-state index in [4.69, 9.17) is 0 Å². The van der Waals surface area contributed by atoms with Crippen molar-refractivity contribution >= 4 is 15.9 Å². The summed E-state index contributed by atoms with van der Waals surface area (Å²) in [7, 11) is -3.67. The van der Waals surface area contributed by atoms with E-state index in [9.17, 15) is 26.4 Å². The molecule has 1 heterocycles. The number of sulfonamides is 1. The van der Waals surface area contributed by atoms with Gasteiger partial charge in [0, 0.05) is 31.7 Å². The molecule has 29 heavy (non-hydrogen) atoms. The fourth-order valence-electron chi connectivity index (χ4n) is 3.14. The first-order valence-electron chi connectivity index (χ1n) is 9.04. The van der Waals surface area contributed by atoms with Crippen LogP contribution in [0.15, 0.2) is 47.4 Å². The van der Waals surface area contributed by atoms with E-state index in [-0.39, 0.29) is 36.6 Å². The third-order valence-corrected chi connectivity index (χ3v) is 7.00. The van der Waals surface area contributed by atoms with Crippen molar-refractivity contribution in [2.45, 2.75) is 24.9 Å². The van der Waals surface area contributed by atoms with Gasteiger partial charge in [-0.05, 0) is 61.4 Å². The minimum atomic E-state index is -4.46. The summed E-state index contributed by atoms with van der Waals surface area (Å²) in [6.45, 7) is 4.34. The van der Waals surface area contributed by atoms with E-state index in [0.717, 1.165) is 35.4 Å². The lowest BCUT2D eigenvalue weighted by Gasteiger charge is -2.34. The highest BCUT2D eigenvalue weighted by Gasteiger charge is 2.32. The van der Waals surface area contributed by atoms with Crippen LogP contribution in [0.2, 0.25) is 0 Å². The number of hydrogen-bond acceptors (Lipinski definition) is 3. The van der Waals surface area contributed by atoms with Crippen LogP contribution in [0, 0.1) is 13.8 Å². The molecule has 0 aliphatic carbocycles. The predicted molar refractivity (Wildman–Crippen MR) is 102 cm³/mol. The molecule has 0 saturated carbocycles. The highest BCUT2D eigenvalue weighted by Crippen LogP contribution is 2.29. The molecule has 0 N–H and O–H groups in total. The second-order valence-corrected chi connectivity index (χ2v) is 8.96. The van der Waals surface area contributed by atoms with Gasteiger partial charge in [-0.3, -0.25) is 4.79 Å². The molecule has 0 atom stereocenters. The number of alkyl halides is 3. The molecule has 1 fully saturated rings. The van der Waals surface area contributed by atoms with Crippen molar-refractivity contribution in [3.05, 3.63) is 64.7 Å². The Balaban J connectivity index is 1.68. The molecule has 0 spiro atoms. The van der Waals surface area contributed by atoms with Crippen LogP contribution in [-0.2, 0) is 16.2 Å². The minimum Gasteiger partial charge on any atom is -0.336 e. The molecular formula is C20H21F3N2O3S. The summed E-state index contributed by atoms with van der Waals surface area (Å²) in [5, 5.41) is 0. The quantitative estimate of drug-likeness (QED) is 0.755. The first kappa shape index (κ1) is 21.3. The molecule has 3 rings (SSSR count). The molecule has 0 bridgehead atoms. The number of piperazine rings is 1. The topological polar surface area (TPSA) is 57.7 Å². The fourth-order valence-corrected chi connectivity index (χ4v) is 4.65. The number of nitrogens with zero attached hydrogens (tertiary/aromatic N) is 2. The monoisotopic (exact) mass is 426 g/mol. The van der Waals surface area contributed by atoms with Crippen molar-refractivity contribution in [1.29, 1.82) is 0 Å². The van der Waals surface area contributed by atoms with E-state index >= 15 is 0 Å². The summed E-state index contributed by atoms with van der Waals surface area (Å²) < 4.78 is 65.0. The molecule has 1 amide bonds. The Morgan fingerprint density at radius 2 is 1.48 bits per heavy atom. The van der Waals surface area contributed by atoms with Gasteiger partial charge in [0.1, 0.15) is 0 Å². The number of amides is 1. The summed E-state index contributed by atoms with van der Waals surface area (Å²) in [5.74, 6) is -0.415. The number of carbonyl (C=O) groups excluding carboxylic acids is 1. The lowest BCUT2D eigenvalue weighted by molar-refractivity contribution is -0.137. The minimum absolute atomic E-state index is 0.127. The van der Waals surface area contributed by atoms with E-state index in [1.807, 2.05) is 13.8 Å². The van der Waals surface area contributed by atoms with Gasteiger partial charge in [-0.15, -0.1) is 0 Å². The highest BCUT2D eigenvalue weighted by molar-refractivity contribution is 7.89. The van der Waals surface area contributed by atoms with Crippen molar-refractivity contribution in [2.24, 2.45) is 0 Å². The maximum Gasteiger partial charge on any atom is 0.416 e. The van der Waals surface area contributed by atoms with E-state index in [0.29, 0.717) is 0 Å². The third kappa shape index (κ3) is 4.45. The summed E-state index contributed by atoms with van der Waals surface area (Å²) in [5.41, 5.74) is 1.19. The molecule has 1 aliphatic rings. The van der Waals surface area contributed by atoms with Crippen molar-refractivity contribution in [2.75, 3.05) is 26.2 Å². The van der Waals surface area contributed by atoms with Gasteiger partial charge in [0.2, 0.25) is 10.0 Å². The van der Waals surface area contributed by atoms with Crippen LogP contribution < -0.4 is 0 Å². The van der Waals surface area contributed by atoms with Gasteiger partial charge >= 0.3 is 6.18 Å². The predicted octanol–water partition coefficient (Wildman–Crippen LogP) is 3.47. The fraction of sp³-hybridized carbons (Fsp3) is 0.350. The van der Waals surface area contributed by atoms with Gasteiger partial charge in [-0.25, -0.2) is 8.42 Å². The lowest BCUT2D eigenvalue weighted by atomic mass is 10.1. The number of benzene rings is 2. The molecule has 2 aromatic rings. The molecule has 1 aliphatic heterocycles. The van der Waals surface area contributed by atoms with Gasteiger partial charge in [-0.2, -0.15) is 17.5 Å². The maximum absolute atomic E-state index is 12.8. The molecule has 5 nitrogen and oxygen atoms in total. The normalized spacial score (nSPS) is 16.1. The third-order valence-electron chi connectivity index (χ3n) is 5.10. The SMILES string of the molecule is Cc1ccc(S(=O)(=O)N2CCN(C(=O)c3ccc(C(F)(F)F)cc3)CC2)cc1C. The molecule has 156 valence electrons. The smallest absolute Gasteiger partial charge is 0.336 e. The largest absolute Gasteiger partial charge is 0.416 e. The molecule has 2 aromatic carbocycles. The first-order chi connectivity index (χ1) is 13.5. The average Bonchev–Trinajstić information content (AvgIpc) is 2.69. The Morgan fingerprint density at radius 3 is 2.00 bits per heavy atom. The standard InChI is InChI=1S/C20H21F3N2O3S/c1-14-3-8-18(13-15(14)2)29(27,28)25-11-9-24(10-12-25)19(26)16-4-6-17(7-5-16)20(21,22)23/h3-8,13H,9-12H2,1-2H3. The van der Waals surface area contributed by atoms with Gasteiger partial charge in [-0.1, -0.05) is 6.07 Å². The second kappa shape index (κ2) is 7.79. The van der Waals surface area contributed by atoms with Crippen LogP contribution in [-0.4, -0.2) is 49.7 Å². The Morgan fingerprint density at radius 1 is 0.897 bits per heavy atom. The van der Waals surface area contributed by atoms with E-state index in [1.165, 1.54) is 9.21 Å². The summed E-state index contributed by atoms with van der Waals surface area (Å²) in [4.78, 5) is 14.2. The lowest BCUT2D eigenvalue weighted by Crippen LogP contribution is -2.50. The number of rotatable bonds is 3. The van der Waals surface area contributed by atoms with Crippen molar-refractivity contribution in [1.82, 2.24) is 9.21 Å². The molecule has 0 aromatic heterocycles. The zero-order valence-electron chi connectivity index (χ0n) is 16.0. The Kier molecular flexibility index (Phi) is 5.73. The van der Waals surface area contributed by atoms with Gasteiger partial charge < -0.3 is 4.90 Å². The van der Waals surface area contributed by atoms with E-state index < -0.39 is 27.7 Å². The second-order valence-electron chi connectivity index (χ2n) is 7.02. The zero-order chi connectivity index (χ0) is 21.4. The van der Waals surface area contributed by atoms with E-state index in [1.54, 1.807) is 18.2 Å². The van der Waals surface area contributed by atoms with Crippen LogP contribution >= 0.6 is 0 Å². The Labute approximate surface area is 167 Å². The zero-order valence-corrected chi connectivity index (χ0v) is 16.8. The molecule has 1 saturated heterocycles. The molecule has 9 heteroatoms. The maximum atomic E-state index is 12.8. The summed E-state index contributed by atoms with van der Waals surface area (Å²) in [6.07, 6.45) is -4.46. The molecule has 0 radical (unpaired) electrons. The Hall–Kier alpha value is -2.39. The van der Waals surface area contributed by atoms with Crippen LogP contribution in [0.1, 0.15) is 27.0 Å². The van der Waals surface area contributed by atoms with Crippen molar-refractivity contribution in [3.63, 3.8) is 0 Å². The number of hydrogen-bond donors (Lipinski definition) is 0. The number of carbonyl (C=O) groups is 1. The van der Waals surface area contributed by atoms with Crippen LogP contribution in [0.3, 0.4) is 0 Å². The molecule has 0 unspecified atom stereocenters. The van der Waals surface area contributed by atoms with Crippen molar-refractivity contribution < 1.29 is 26.4 Å². The number of halogens is 3. The van der Waals surface area contributed by atoms with Crippen LogP contribution in [0.25, 0.3) is 0 Å². The molecular weight excluding hydrogens is 405 g/mol.